The van der Waals surface area contributed by atoms with E-state index in [2.05, 4.69) is 37.9 Å². The average Bonchev–Trinajstić information content (AvgIpc) is 3.43. The number of benzene rings is 1. The number of hydrogen-bond donors (Lipinski definition) is 2. The monoisotopic (exact) mass is 429 g/mol. The number of nitrogens with zero attached hydrogens (tertiary/aromatic N) is 5. The zero-order valence-electron chi connectivity index (χ0n) is 19.1. The van der Waals surface area contributed by atoms with Crippen LogP contribution < -0.4 is 15.4 Å². The van der Waals surface area contributed by atoms with Gasteiger partial charge >= 0.3 is 0 Å². The predicted octanol–water partition coefficient (Wildman–Crippen LogP) is 1.65. The Balaban J connectivity index is 1.71. The first-order valence-corrected chi connectivity index (χ1v) is 10.9. The third-order valence-corrected chi connectivity index (χ3v) is 5.70. The molecule has 1 atom stereocenters. The average molecular weight is 430 g/mol. The van der Waals surface area contributed by atoms with Gasteiger partial charge in [0.15, 0.2) is 11.8 Å². The summed E-state index contributed by atoms with van der Waals surface area (Å²) in [6.45, 7) is 6.65. The lowest BCUT2D eigenvalue weighted by Crippen LogP contribution is -2.43. The third-order valence-electron chi connectivity index (χ3n) is 5.70. The molecule has 9 nitrogen and oxygen atoms in total. The second-order valence-electron chi connectivity index (χ2n) is 7.72. The smallest absolute Gasteiger partial charge is 0.191 e. The van der Waals surface area contributed by atoms with Gasteiger partial charge in [0.05, 0.1) is 19.8 Å². The van der Waals surface area contributed by atoms with E-state index in [1.165, 1.54) is 18.4 Å². The minimum atomic E-state index is 0.264. The van der Waals surface area contributed by atoms with E-state index in [0.29, 0.717) is 19.7 Å². The zero-order valence-corrected chi connectivity index (χ0v) is 19.1. The van der Waals surface area contributed by atoms with E-state index in [1.54, 1.807) is 14.2 Å². The molecule has 0 spiro atoms. The van der Waals surface area contributed by atoms with Gasteiger partial charge in [-0.05, 0) is 50.6 Å². The Bertz CT molecular complexity index is 829. The molecule has 1 saturated heterocycles. The topological polar surface area (TPSA) is 88.8 Å². The fourth-order valence-corrected chi connectivity index (χ4v) is 3.71. The highest BCUT2D eigenvalue weighted by atomic mass is 16.5. The molecule has 1 aliphatic rings. The number of aryl methyl sites for hydroxylation is 1. The summed E-state index contributed by atoms with van der Waals surface area (Å²) in [7, 11) is 5.35. The molecule has 0 amide bonds. The minimum Gasteiger partial charge on any atom is -0.497 e. The summed E-state index contributed by atoms with van der Waals surface area (Å²) in [6.07, 6.45) is 2.48. The molecule has 1 fully saturated rings. The molecule has 2 N–H and O–H groups in total. The Morgan fingerprint density at radius 2 is 1.87 bits per heavy atom. The molecule has 1 aromatic carbocycles. The minimum absolute atomic E-state index is 0.264. The Labute approximate surface area is 184 Å². The molecule has 3 rings (SSSR count). The van der Waals surface area contributed by atoms with Crippen molar-refractivity contribution in [2.24, 2.45) is 12.0 Å². The number of rotatable bonds is 10. The van der Waals surface area contributed by atoms with E-state index in [4.69, 9.17) is 14.5 Å². The molecular weight excluding hydrogens is 394 g/mol. The van der Waals surface area contributed by atoms with Crippen molar-refractivity contribution in [2.45, 2.75) is 32.4 Å². The van der Waals surface area contributed by atoms with Crippen molar-refractivity contribution >= 4 is 5.96 Å². The van der Waals surface area contributed by atoms with Crippen LogP contribution in [0.1, 0.15) is 36.1 Å². The SMILES string of the molecule is COCCNC(=NCc1nnc(C)n1C)NCC(c1ccc(OC)cc1)N1CCCC1. The van der Waals surface area contributed by atoms with E-state index in [0.717, 1.165) is 43.0 Å². The quantitative estimate of drug-likeness (QED) is 0.337. The molecule has 2 aromatic rings. The predicted molar refractivity (Wildman–Crippen MR) is 121 cm³/mol. The van der Waals surface area contributed by atoms with Gasteiger partial charge in [-0.1, -0.05) is 12.1 Å². The summed E-state index contributed by atoms with van der Waals surface area (Å²) < 4.78 is 12.5. The number of ether oxygens (including phenoxy) is 2. The fraction of sp³-hybridized carbons (Fsp3) is 0.591. The highest BCUT2D eigenvalue weighted by Crippen LogP contribution is 2.26. The lowest BCUT2D eigenvalue weighted by molar-refractivity contribution is 0.203. The Morgan fingerprint density at radius 1 is 1.13 bits per heavy atom. The van der Waals surface area contributed by atoms with Crippen molar-refractivity contribution in [3.8, 4) is 5.75 Å². The number of nitrogens with one attached hydrogen (secondary N) is 2. The summed E-state index contributed by atoms with van der Waals surface area (Å²) in [4.78, 5) is 7.27. The molecule has 1 unspecified atom stereocenters. The van der Waals surface area contributed by atoms with Crippen LogP contribution >= 0.6 is 0 Å². The standard InChI is InChI=1S/C22H35N7O2/c1-17-26-27-21(28(17)2)16-25-22(23-11-14-30-3)24-15-20(29-12-5-6-13-29)18-7-9-19(31-4)10-8-18/h7-10,20H,5-6,11-16H2,1-4H3,(H2,23,24,25). The number of aliphatic imine (C=N–C) groups is 1. The van der Waals surface area contributed by atoms with Gasteiger partial charge in [0, 0.05) is 27.2 Å². The maximum atomic E-state index is 5.33. The highest BCUT2D eigenvalue weighted by molar-refractivity contribution is 5.79. The van der Waals surface area contributed by atoms with Crippen molar-refractivity contribution in [1.82, 2.24) is 30.3 Å². The normalized spacial score (nSPS) is 15.8. The van der Waals surface area contributed by atoms with Crippen LogP contribution in [0.4, 0.5) is 0 Å². The lowest BCUT2D eigenvalue weighted by Gasteiger charge is -2.29. The summed E-state index contributed by atoms with van der Waals surface area (Å²) in [5, 5.41) is 15.2. The van der Waals surface area contributed by atoms with Gasteiger partial charge in [-0.3, -0.25) is 4.90 Å². The molecule has 9 heteroatoms. The van der Waals surface area contributed by atoms with Crippen molar-refractivity contribution in [3.05, 3.63) is 41.5 Å². The van der Waals surface area contributed by atoms with E-state index in [1.807, 2.05) is 30.7 Å². The van der Waals surface area contributed by atoms with Crippen molar-refractivity contribution in [1.29, 1.82) is 0 Å². The number of guanidine groups is 1. The van der Waals surface area contributed by atoms with E-state index >= 15 is 0 Å². The van der Waals surface area contributed by atoms with Crippen molar-refractivity contribution < 1.29 is 9.47 Å². The van der Waals surface area contributed by atoms with Crippen LogP contribution in [0.3, 0.4) is 0 Å². The molecule has 170 valence electrons. The van der Waals surface area contributed by atoms with Crippen LogP contribution in [0.5, 0.6) is 5.75 Å². The molecule has 0 bridgehead atoms. The first-order valence-electron chi connectivity index (χ1n) is 10.9. The van der Waals surface area contributed by atoms with Crippen LogP contribution in [-0.4, -0.2) is 72.6 Å². The fourth-order valence-electron chi connectivity index (χ4n) is 3.71. The molecule has 0 radical (unpaired) electrons. The van der Waals surface area contributed by atoms with E-state index in [-0.39, 0.29) is 6.04 Å². The van der Waals surface area contributed by atoms with Crippen molar-refractivity contribution in [3.63, 3.8) is 0 Å². The van der Waals surface area contributed by atoms with E-state index in [9.17, 15) is 0 Å². The van der Waals surface area contributed by atoms with Gasteiger partial charge in [0.1, 0.15) is 18.1 Å². The molecule has 0 aliphatic carbocycles. The van der Waals surface area contributed by atoms with Crippen LogP contribution in [0, 0.1) is 6.92 Å². The lowest BCUT2D eigenvalue weighted by atomic mass is 10.1. The van der Waals surface area contributed by atoms with Gasteiger partial charge in [-0.2, -0.15) is 0 Å². The summed E-state index contributed by atoms with van der Waals surface area (Å²) >= 11 is 0. The van der Waals surface area contributed by atoms with Crippen LogP contribution in [0.2, 0.25) is 0 Å². The van der Waals surface area contributed by atoms with E-state index < -0.39 is 0 Å². The first-order chi connectivity index (χ1) is 15.1. The van der Waals surface area contributed by atoms with Gasteiger partial charge in [-0.15, -0.1) is 10.2 Å². The zero-order chi connectivity index (χ0) is 22.1. The molecule has 2 heterocycles. The first kappa shape index (κ1) is 23.0. The molecule has 31 heavy (non-hydrogen) atoms. The maximum absolute atomic E-state index is 5.33. The number of methoxy groups -OCH3 is 2. The summed E-state index contributed by atoms with van der Waals surface area (Å²) in [5.74, 6) is 3.33. The van der Waals surface area contributed by atoms with Crippen LogP contribution in [0.15, 0.2) is 29.3 Å². The maximum Gasteiger partial charge on any atom is 0.191 e. The van der Waals surface area contributed by atoms with Gasteiger partial charge in [0.2, 0.25) is 0 Å². The van der Waals surface area contributed by atoms with Gasteiger partial charge < -0.3 is 24.7 Å². The molecule has 1 aromatic heterocycles. The second-order valence-corrected chi connectivity index (χ2v) is 7.72. The number of aromatic nitrogens is 3. The molecular formula is C22H35N7O2. The second kappa shape index (κ2) is 11.7. The molecule has 0 saturated carbocycles. The van der Waals surface area contributed by atoms with Gasteiger partial charge in [-0.25, -0.2) is 4.99 Å². The van der Waals surface area contributed by atoms with Crippen molar-refractivity contribution in [2.75, 3.05) is 47.0 Å². The highest BCUT2D eigenvalue weighted by Gasteiger charge is 2.23. The molecule has 1 aliphatic heterocycles. The summed E-state index contributed by atoms with van der Waals surface area (Å²) in [5.41, 5.74) is 1.27. The van der Waals surface area contributed by atoms with Crippen LogP contribution in [-0.2, 0) is 18.3 Å². The Kier molecular flexibility index (Phi) is 8.66. The Morgan fingerprint density at radius 3 is 2.48 bits per heavy atom. The largest absolute Gasteiger partial charge is 0.497 e. The number of likely N-dealkylation sites (tertiary alicyclic amines) is 1. The third kappa shape index (κ3) is 6.41. The summed E-state index contributed by atoms with van der Waals surface area (Å²) in [6, 6.07) is 8.63. The van der Waals surface area contributed by atoms with Crippen LogP contribution in [0.25, 0.3) is 0 Å². The Hall–Kier alpha value is -2.65. The number of hydrogen-bond acceptors (Lipinski definition) is 6. The van der Waals surface area contributed by atoms with Gasteiger partial charge in [0.25, 0.3) is 0 Å².